The SMILES string of the molecule is CCCCOP(=O)(CC)CC. The van der Waals surface area contributed by atoms with Crippen molar-refractivity contribution in [1.29, 1.82) is 0 Å². The molecule has 0 saturated heterocycles. The second-order valence-electron chi connectivity index (χ2n) is 2.63. The van der Waals surface area contributed by atoms with E-state index in [4.69, 9.17) is 4.52 Å². The molecule has 2 nitrogen and oxygen atoms in total. The van der Waals surface area contributed by atoms with E-state index in [0.29, 0.717) is 18.9 Å². The maximum atomic E-state index is 11.6. The fourth-order valence-electron chi connectivity index (χ4n) is 0.781. The van der Waals surface area contributed by atoms with Gasteiger partial charge in [0.1, 0.15) is 0 Å². The summed E-state index contributed by atoms with van der Waals surface area (Å²) in [6.07, 6.45) is 3.47. The molecule has 0 heterocycles. The summed E-state index contributed by atoms with van der Waals surface area (Å²) in [5, 5.41) is 0. The predicted molar refractivity (Wildman–Crippen MR) is 49.5 cm³/mol. The minimum Gasteiger partial charge on any atom is -0.328 e. The molecule has 0 aromatic rings. The molecule has 0 amide bonds. The average molecular weight is 178 g/mol. The van der Waals surface area contributed by atoms with Crippen molar-refractivity contribution in [3.8, 4) is 0 Å². The molecule has 0 fully saturated rings. The van der Waals surface area contributed by atoms with Crippen molar-refractivity contribution in [1.82, 2.24) is 0 Å². The van der Waals surface area contributed by atoms with E-state index in [1.807, 2.05) is 13.8 Å². The number of rotatable bonds is 6. The fourth-order valence-corrected chi connectivity index (χ4v) is 2.06. The summed E-state index contributed by atoms with van der Waals surface area (Å²) in [4.78, 5) is 0. The van der Waals surface area contributed by atoms with Gasteiger partial charge in [0.2, 0.25) is 7.37 Å². The van der Waals surface area contributed by atoms with Gasteiger partial charge in [0, 0.05) is 12.3 Å². The minimum absolute atomic E-state index is 0.662. The summed E-state index contributed by atoms with van der Waals surface area (Å²) in [6, 6.07) is 0. The quantitative estimate of drug-likeness (QED) is 0.461. The number of unbranched alkanes of at least 4 members (excludes halogenated alkanes) is 1. The smallest absolute Gasteiger partial charge is 0.202 e. The molecule has 0 bridgehead atoms. The highest BCUT2D eigenvalue weighted by Gasteiger charge is 2.16. The van der Waals surface area contributed by atoms with Crippen molar-refractivity contribution >= 4 is 7.37 Å². The van der Waals surface area contributed by atoms with Crippen LogP contribution in [-0.2, 0) is 9.09 Å². The van der Waals surface area contributed by atoms with Crippen LogP contribution in [0.25, 0.3) is 0 Å². The van der Waals surface area contributed by atoms with E-state index in [1.165, 1.54) is 0 Å². The number of hydrogen-bond acceptors (Lipinski definition) is 2. The van der Waals surface area contributed by atoms with Crippen molar-refractivity contribution in [3.63, 3.8) is 0 Å². The second-order valence-corrected chi connectivity index (χ2v) is 5.79. The molecule has 0 saturated carbocycles. The molecule has 0 unspecified atom stereocenters. The van der Waals surface area contributed by atoms with Crippen LogP contribution in [-0.4, -0.2) is 18.9 Å². The molecule has 0 radical (unpaired) electrons. The van der Waals surface area contributed by atoms with Crippen LogP contribution < -0.4 is 0 Å². The first-order valence-corrected chi connectivity index (χ1v) is 6.40. The van der Waals surface area contributed by atoms with Gasteiger partial charge in [-0.2, -0.15) is 0 Å². The summed E-state index contributed by atoms with van der Waals surface area (Å²) in [5.74, 6) is 0. The van der Waals surface area contributed by atoms with Crippen LogP contribution in [0.5, 0.6) is 0 Å². The zero-order valence-electron chi connectivity index (χ0n) is 7.80. The van der Waals surface area contributed by atoms with E-state index in [2.05, 4.69) is 6.92 Å². The van der Waals surface area contributed by atoms with Crippen molar-refractivity contribution in [2.75, 3.05) is 18.9 Å². The normalized spacial score (nSPS) is 11.9. The van der Waals surface area contributed by atoms with E-state index >= 15 is 0 Å². The summed E-state index contributed by atoms with van der Waals surface area (Å²) in [6.45, 7) is 6.62. The topological polar surface area (TPSA) is 26.3 Å². The Morgan fingerprint density at radius 2 is 1.73 bits per heavy atom. The Morgan fingerprint density at radius 1 is 1.18 bits per heavy atom. The van der Waals surface area contributed by atoms with Gasteiger partial charge in [0.05, 0.1) is 6.61 Å². The van der Waals surface area contributed by atoms with Crippen LogP contribution in [0.2, 0.25) is 0 Å². The van der Waals surface area contributed by atoms with Crippen LogP contribution in [0.3, 0.4) is 0 Å². The summed E-state index contributed by atoms with van der Waals surface area (Å²) in [7, 11) is -2.21. The summed E-state index contributed by atoms with van der Waals surface area (Å²) in [5.41, 5.74) is 0. The zero-order chi connectivity index (χ0) is 8.74. The molecule has 0 atom stereocenters. The van der Waals surface area contributed by atoms with Crippen molar-refractivity contribution < 1.29 is 9.09 Å². The lowest BCUT2D eigenvalue weighted by Crippen LogP contribution is -1.97. The third-order valence-electron chi connectivity index (χ3n) is 1.79. The highest BCUT2D eigenvalue weighted by Crippen LogP contribution is 2.45. The second kappa shape index (κ2) is 5.79. The lowest BCUT2D eigenvalue weighted by molar-refractivity contribution is 0.307. The molecule has 68 valence electrons. The fraction of sp³-hybridized carbons (Fsp3) is 1.00. The first-order valence-electron chi connectivity index (χ1n) is 4.41. The zero-order valence-corrected chi connectivity index (χ0v) is 8.69. The van der Waals surface area contributed by atoms with Gasteiger partial charge in [-0.15, -0.1) is 0 Å². The van der Waals surface area contributed by atoms with Crippen LogP contribution in [0, 0.1) is 0 Å². The van der Waals surface area contributed by atoms with Crippen molar-refractivity contribution in [3.05, 3.63) is 0 Å². The van der Waals surface area contributed by atoms with E-state index in [9.17, 15) is 4.57 Å². The molecule has 3 heteroatoms. The summed E-state index contributed by atoms with van der Waals surface area (Å²) < 4.78 is 16.9. The van der Waals surface area contributed by atoms with Crippen molar-refractivity contribution in [2.24, 2.45) is 0 Å². The molecular formula is C8H19O2P. The Hall–Kier alpha value is 0.190. The van der Waals surface area contributed by atoms with Gasteiger partial charge in [0.15, 0.2) is 0 Å². The van der Waals surface area contributed by atoms with Gasteiger partial charge in [-0.25, -0.2) is 0 Å². The Morgan fingerprint density at radius 3 is 2.09 bits per heavy atom. The molecule has 11 heavy (non-hydrogen) atoms. The van der Waals surface area contributed by atoms with Gasteiger partial charge in [-0.1, -0.05) is 27.2 Å². The average Bonchev–Trinajstić information content (AvgIpc) is 2.05. The molecular weight excluding hydrogens is 159 g/mol. The van der Waals surface area contributed by atoms with Crippen LogP contribution in [0.1, 0.15) is 33.6 Å². The Balaban J connectivity index is 3.61. The van der Waals surface area contributed by atoms with Gasteiger partial charge in [-0.05, 0) is 6.42 Å². The first-order chi connectivity index (χ1) is 5.18. The summed E-state index contributed by atoms with van der Waals surface area (Å²) >= 11 is 0. The van der Waals surface area contributed by atoms with E-state index in [1.54, 1.807) is 0 Å². The van der Waals surface area contributed by atoms with Crippen LogP contribution >= 0.6 is 7.37 Å². The largest absolute Gasteiger partial charge is 0.328 e. The predicted octanol–water partition coefficient (Wildman–Crippen LogP) is 3.12. The minimum atomic E-state index is -2.21. The standard InChI is InChI=1S/C8H19O2P/c1-4-7-8-10-11(9,5-2)6-3/h4-8H2,1-3H3. The lowest BCUT2D eigenvalue weighted by atomic mass is 10.4. The highest BCUT2D eigenvalue weighted by atomic mass is 31.2. The molecule has 0 rings (SSSR count). The van der Waals surface area contributed by atoms with E-state index < -0.39 is 7.37 Å². The highest BCUT2D eigenvalue weighted by molar-refractivity contribution is 7.58. The molecule has 0 aliphatic heterocycles. The van der Waals surface area contributed by atoms with Gasteiger partial charge in [-0.3, -0.25) is 4.57 Å². The monoisotopic (exact) mass is 178 g/mol. The Labute approximate surface area is 69.8 Å². The van der Waals surface area contributed by atoms with Gasteiger partial charge >= 0.3 is 0 Å². The van der Waals surface area contributed by atoms with Gasteiger partial charge < -0.3 is 4.52 Å². The van der Waals surface area contributed by atoms with Crippen molar-refractivity contribution in [2.45, 2.75) is 33.6 Å². The Bertz CT molecular complexity index is 126. The molecule has 0 aromatic carbocycles. The van der Waals surface area contributed by atoms with Crippen LogP contribution in [0.15, 0.2) is 0 Å². The molecule has 0 N–H and O–H groups in total. The first kappa shape index (κ1) is 11.2. The molecule has 0 aliphatic rings. The lowest BCUT2D eigenvalue weighted by Gasteiger charge is -2.13. The van der Waals surface area contributed by atoms with Crippen LogP contribution in [0.4, 0.5) is 0 Å². The molecule has 0 spiro atoms. The van der Waals surface area contributed by atoms with Gasteiger partial charge in [0.25, 0.3) is 0 Å². The van der Waals surface area contributed by atoms with E-state index in [-0.39, 0.29) is 0 Å². The maximum absolute atomic E-state index is 11.6. The molecule has 0 aromatic heterocycles. The number of hydrogen-bond donors (Lipinski definition) is 0. The maximum Gasteiger partial charge on any atom is 0.202 e. The molecule has 0 aliphatic carbocycles. The third kappa shape index (κ3) is 4.60. The third-order valence-corrected chi connectivity index (χ3v) is 4.37. The van der Waals surface area contributed by atoms with E-state index in [0.717, 1.165) is 12.8 Å². The Kier molecular flexibility index (Phi) is 5.89.